The normalized spacial score (nSPS) is 12.8. The van der Waals surface area contributed by atoms with Gasteiger partial charge < -0.3 is 14.2 Å². The van der Waals surface area contributed by atoms with E-state index in [9.17, 15) is 4.79 Å². The Kier molecular flexibility index (Phi) is 7.62. The molecule has 0 heterocycles. The van der Waals surface area contributed by atoms with Gasteiger partial charge in [0.05, 0.1) is 19.8 Å². The molecule has 0 aliphatic rings. The number of benzene rings is 1. The van der Waals surface area contributed by atoms with Gasteiger partial charge in [-0.3, -0.25) is 0 Å². The topological polar surface area (TPSA) is 44.8 Å². The molecule has 0 spiro atoms. The van der Waals surface area contributed by atoms with Gasteiger partial charge in [0.15, 0.2) is 0 Å². The number of carbonyl (C=O) groups is 1. The van der Waals surface area contributed by atoms with Crippen LogP contribution in [0.3, 0.4) is 0 Å². The van der Waals surface area contributed by atoms with Gasteiger partial charge in [0.1, 0.15) is 6.79 Å². The van der Waals surface area contributed by atoms with Crippen LogP contribution in [0.4, 0.5) is 0 Å². The van der Waals surface area contributed by atoms with Crippen LogP contribution < -0.4 is 0 Å². The lowest BCUT2D eigenvalue weighted by Crippen LogP contribution is -2.19. The number of ether oxygens (including phenoxy) is 3. The largest absolute Gasteiger partial charge is 0.466 e. The lowest BCUT2D eigenvalue weighted by molar-refractivity contribution is -0.135. The van der Waals surface area contributed by atoms with Crippen molar-refractivity contribution in [2.45, 2.75) is 26.6 Å². The molecule has 0 saturated heterocycles. The van der Waals surface area contributed by atoms with Crippen LogP contribution in [0, 0.1) is 5.92 Å². The molecule has 0 fully saturated rings. The Bertz CT molecular complexity index is 412. The Balaban J connectivity index is 2.32. The third-order valence-corrected chi connectivity index (χ3v) is 2.74. The van der Waals surface area contributed by atoms with E-state index in [2.05, 4.69) is 4.74 Å². The molecule has 0 amide bonds. The van der Waals surface area contributed by atoms with Gasteiger partial charge in [-0.1, -0.05) is 44.2 Å². The first-order chi connectivity index (χ1) is 9.63. The Morgan fingerprint density at radius 1 is 1.25 bits per heavy atom. The third kappa shape index (κ3) is 6.50. The van der Waals surface area contributed by atoms with Crippen LogP contribution in [-0.4, -0.2) is 26.0 Å². The zero-order valence-corrected chi connectivity index (χ0v) is 12.2. The Labute approximate surface area is 120 Å². The summed E-state index contributed by atoms with van der Waals surface area (Å²) in [6.07, 6.45) is 2.90. The highest BCUT2D eigenvalue weighted by molar-refractivity contribution is 5.81. The van der Waals surface area contributed by atoms with E-state index in [-0.39, 0.29) is 24.8 Å². The molecule has 0 bridgehead atoms. The van der Waals surface area contributed by atoms with Crippen molar-refractivity contribution in [3.05, 3.63) is 48.0 Å². The highest BCUT2D eigenvalue weighted by Crippen LogP contribution is 2.09. The van der Waals surface area contributed by atoms with Crippen molar-refractivity contribution in [3.8, 4) is 0 Å². The van der Waals surface area contributed by atoms with Gasteiger partial charge in [-0.15, -0.1) is 0 Å². The summed E-state index contributed by atoms with van der Waals surface area (Å²) in [5.74, 6) is -0.138. The second kappa shape index (κ2) is 9.28. The quantitative estimate of drug-likeness (QED) is 0.317. The van der Waals surface area contributed by atoms with Crippen LogP contribution in [0.1, 0.15) is 19.4 Å². The molecule has 0 aliphatic carbocycles. The number of hydrogen-bond acceptors (Lipinski definition) is 4. The van der Waals surface area contributed by atoms with Gasteiger partial charge in [0, 0.05) is 6.08 Å². The van der Waals surface area contributed by atoms with Gasteiger partial charge >= 0.3 is 5.97 Å². The lowest BCUT2D eigenvalue weighted by Gasteiger charge is -2.17. The van der Waals surface area contributed by atoms with Crippen molar-refractivity contribution in [1.29, 1.82) is 0 Å². The van der Waals surface area contributed by atoms with Crippen molar-refractivity contribution in [1.82, 2.24) is 0 Å². The maximum absolute atomic E-state index is 11.1. The van der Waals surface area contributed by atoms with Crippen LogP contribution in [-0.2, 0) is 25.6 Å². The molecule has 1 atom stereocenters. The van der Waals surface area contributed by atoms with E-state index in [0.29, 0.717) is 6.61 Å². The number of esters is 1. The van der Waals surface area contributed by atoms with Gasteiger partial charge in [-0.05, 0) is 17.6 Å². The smallest absolute Gasteiger partial charge is 0.330 e. The predicted molar refractivity (Wildman–Crippen MR) is 77.0 cm³/mol. The summed E-state index contributed by atoms with van der Waals surface area (Å²) in [4.78, 5) is 11.1. The molecule has 0 saturated carbocycles. The summed E-state index contributed by atoms with van der Waals surface area (Å²) in [5, 5.41) is 0. The minimum Gasteiger partial charge on any atom is -0.466 e. The molecule has 20 heavy (non-hydrogen) atoms. The summed E-state index contributed by atoms with van der Waals surface area (Å²) >= 11 is 0. The van der Waals surface area contributed by atoms with Gasteiger partial charge in [0.2, 0.25) is 0 Å². The number of rotatable bonds is 8. The summed E-state index contributed by atoms with van der Waals surface area (Å²) in [7, 11) is 1.35. The fourth-order valence-corrected chi connectivity index (χ4v) is 1.57. The molecule has 1 aromatic rings. The van der Waals surface area contributed by atoms with E-state index >= 15 is 0 Å². The van der Waals surface area contributed by atoms with E-state index in [1.807, 2.05) is 44.2 Å². The monoisotopic (exact) mass is 278 g/mol. The standard InChI is InChI=1S/C16H22O4/c1-13(2)15(9-10-16(17)18-3)20-12-19-11-14-7-5-4-6-8-14/h4-10,13,15H,11-12H2,1-3H3/b10-9+/t15-/m0/s1. The minimum atomic E-state index is -0.385. The van der Waals surface area contributed by atoms with Crippen LogP contribution >= 0.6 is 0 Å². The second-order valence-electron chi connectivity index (χ2n) is 4.71. The zero-order valence-electron chi connectivity index (χ0n) is 12.2. The molecule has 110 valence electrons. The summed E-state index contributed by atoms with van der Waals surface area (Å²) in [6, 6.07) is 9.89. The van der Waals surface area contributed by atoms with E-state index in [1.165, 1.54) is 13.2 Å². The maximum atomic E-state index is 11.1. The summed E-state index contributed by atoms with van der Waals surface area (Å²) in [6.45, 7) is 4.72. The molecule has 0 aromatic heterocycles. The van der Waals surface area contributed by atoms with Crippen molar-refractivity contribution in [2.75, 3.05) is 13.9 Å². The lowest BCUT2D eigenvalue weighted by atomic mass is 10.1. The molecule has 1 aromatic carbocycles. The van der Waals surface area contributed by atoms with E-state index in [4.69, 9.17) is 9.47 Å². The van der Waals surface area contributed by atoms with E-state index in [1.54, 1.807) is 6.08 Å². The molecule has 1 rings (SSSR count). The predicted octanol–water partition coefficient (Wildman–Crippen LogP) is 2.93. The van der Waals surface area contributed by atoms with Crippen molar-refractivity contribution >= 4 is 5.97 Å². The number of carbonyl (C=O) groups excluding carboxylic acids is 1. The first kappa shape index (κ1) is 16.4. The first-order valence-corrected chi connectivity index (χ1v) is 6.63. The number of methoxy groups -OCH3 is 1. The molecule has 0 radical (unpaired) electrons. The van der Waals surface area contributed by atoms with E-state index in [0.717, 1.165) is 5.56 Å². The maximum Gasteiger partial charge on any atom is 0.330 e. The Morgan fingerprint density at radius 3 is 2.55 bits per heavy atom. The van der Waals surface area contributed by atoms with Crippen LogP contribution in [0.2, 0.25) is 0 Å². The average Bonchev–Trinajstić information content (AvgIpc) is 2.46. The third-order valence-electron chi connectivity index (χ3n) is 2.74. The summed E-state index contributed by atoms with van der Waals surface area (Å²) < 4.78 is 15.6. The molecular formula is C16H22O4. The average molecular weight is 278 g/mol. The van der Waals surface area contributed by atoms with E-state index < -0.39 is 0 Å². The molecule has 4 nitrogen and oxygen atoms in total. The highest BCUT2D eigenvalue weighted by Gasteiger charge is 2.11. The second-order valence-corrected chi connectivity index (χ2v) is 4.71. The minimum absolute atomic E-state index is 0.176. The van der Waals surface area contributed by atoms with Gasteiger partial charge in [0.25, 0.3) is 0 Å². The highest BCUT2D eigenvalue weighted by atomic mass is 16.7. The zero-order chi connectivity index (χ0) is 14.8. The molecule has 0 N–H and O–H groups in total. The van der Waals surface area contributed by atoms with Crippen molar-refractivity contribution in [3.63, 3.8) is 0 Å². The van der Waals surface area contributed by atoms with Crippen LogP contribution in [0.15, 0.2) is 42.5 Å². The first-order valence-electron chi connectivity index (χ1n) is 6.63. The molecule has 0 unspecified atom stereocenters. The van der Waals surface area contributed by atoms with Crippen LogP contribution in [0.5, 0.6) is 0 Å². The Morgan fingerprint density at radius 2 is 1.95 bits per heavy atom. The SMILES string of the molecule is COC(=O)/C=C/[C@H](OCOCc1ccccc1)C(C)C. The van der Waals surface area contributed by atoms with Crippen LogP contribution in [0.25, 0.3) is 0 Å². The van der Waals surface area contributed by atoms with Gasteiger partial charge in [-0.25, -0.2) is 4.79 Å². The molecule has 4 heteroatoms. The number of hydrogen-bond donors (Lipinski definition) is 0. The molecule has 0 aliphatic heterocycles. The Hall–Kier alpha value is -1.65. The summed E-state index contributed by atoms with van der Waals surface area (Å²) in [5.41, 5.74) is 1.10. The fraction of sp³-hybridized carbons (Fsp3) is 0.438. The van der Waals surface area contributed by atoms with Crippen molar-refractivity contribution < 1.29 is 19.0 Å². The fourth-order valence-electron chi connectivity index (χ4n) is 1.57. The van der Waals surface area contributed by atoms with Gasteiger partial charge in [-0.2, -0.15) is 0 Å². The molecular weight excluding hydrogens is 256 g/mol. The van der Waals surface area contributed by atoms with Crippen molar-refractivity contribution in [2.24, 2.45) is 5.92 Å².